The van der Waals surface area contributed by atoms with Crippen LogP contribution in [0.3, 0.4) is 0 Å². The van der Waals surface area contributed by atoms with E-state index in [9.17, 15) is 9.59 Å². The molecule has 4 aliphatic rings. The van der Waals surface area contributed by atoms with E-state index < -0.39 is 0 Å². The van der Waals surface area contributed by atoms with Gasteiger partial charge in [0.2, 0.25) is 0 Å². The van der Waals surface area contributed by atoms with Gasteiger partial charge in [0.25, 0.3) is 5.56 Å². The number of ether oxygens (including phenoxy) is 1. The Morgan fingerprint density at radius 1 is 0.971 bits per heavy atom. The van der Waals surface area contributed by atoms with Gasteiger partial charge < -0.3 is 9.30 Å². The molecule has 4 aliphatic carbocycles. The van der Waals surface area contributed by atoms with Crippen LogP contribution in [-0.4, -0.2) is 32.4 Å². The lowest BCUT2D eigenvalue weighted by Gasteiger charge is -2.32. The zero-order valence-electron chi connectivity index (χ0n) is 20.9. The van der Waals surface area contributed by atoms with Crippen LogP contribution < -0.4 is 11.2 Å². The maximum Gasteiger partial charge on any atom is 0.332 e. The molecule has 3 aromatic rings. The molecule has 7 heteroatoms. The van der Waals surface area contributed by atoms with Crippen LogP contribution >= 0.6 is 0 Å². The number of hydrogen-bond acceptors (Lipinski definition) is 4. The van der Waals surface area contributed by atoms with Crippen molar-refractivity contribution in [3.8, 4) is 0 Å². The molecule has 4 saturated carbocycles. The lowest BCUT2D eigenvalue weighted by molar-refractivity contribution is 0.190. The number of aromatic nitrogens is 4. The molecule has 4 bridgehead atoms. The van der Waals surface area contributed by atoms with Gasteiger partial charge in [-0.25, -0.2) is 9.78 Å². The number of nitrogens with zero attached hydrogens (tertiary/aromatic N) is 4. The number of methoxy groups -OCH3 is 1. The predicted octanol–water partition coefficient (Wildman–Crippen LogP) is 4.00. The summed E-state index contributed by atoms with van der Waals surface area (Å²) in [6.45, 7) is 4.09. The minimum absolute atomic E-state index is 0.197. The second-order valence-electron chi connectivity index (χ2n) is 11.0. The van der Waals surface area contributed by atoms with E-state index in [0.717, 1.165) is 29.6 Å². The normalized spacial score (nSPS) is 26.9. The Balaban J connectivity index is 1.58. The average molecular weight is 477 g/mol. The van der Waals surface area contributed by atoms with E-state index in [1.807, 2.05) is 25.1 Å². The molecule has 7 nitrogen and oxygen atoms in total. The van der Waals surface area contributed by atoms with Gasteiger partial charge in [-0.05, 0) is 67.8 Å². The molecular weight excluding hydrogens is 440 g/mol. The number of aryl methyl sites for hydroxylation is 1. The summed E-state index contributed by atoms with van der Waals surface area (Å²) in [5.74, 6) is 4.41. The third-order valence-electron chi connectivity index (χ3n) is 8.86. The van der Waals surface area contributed by atoms with Crippen molar-refractivity contribution >= 4 is 11.2 Å². The molecule has 0 amide bonds. The average Bonchev–Trinajstić information content (AvgIpc) is 3.44. The van der Waals surface area contributed by atoms with E-state index in [0.29, 0.717) is 61.6 Å². The molecule has 5 atom stereocenters. The Morgan fingerprint density at radius 3 is 2.51 bits per heavy atom. The first kappa shape index (κ1) is 22.8. The SMILES string of the molecule is CCCn1c(=O)c2c(nc(C3C4CC5CC(C4)C3C5)n2Cc2ccccc2)n(CCCOC)c1=O. The Labute approximate surface area is 205 Å². The van der Waals surface area contributed by atoms with Gasteiger partial charge >= 0.3 is 5.69 Å². The standard InChI is InChI=1S/C28H36N4O3/c1-3-10-31-27(33)24-26(30(28(31)34)11-7-12-35-2)29-25(32(24)17-18-8-5-4-6-9-18)23-21-14-19-13-20(16-21)22(23)15-19/h4-6,8-9,19-23H,3,7,10-17H2,1-2H3. The summed E-state index contributed by atoms with van der Waals surface area (Å²) in [6.07, 6.45) is 6.67. The van der Waals surface area contributed by atoms with Crippen LogP contribution in [0.2, 0.25) is 0 Å². The van der Waals surface area contributed by atoms with Crippen LogP contribution in [0.25, 0.3) is 11.2 Å². The third kappa shape index (κ3) is 3.70. The second-order valence-corrected chi connectivity index (χ2v) is 11.0. The van der Waals surface area contributed by atoms with Crippen molar-refractivity contribution in [2.45, 2.75) is 71.0 Å². The quantitative estimate of drug-likeness (QED) is 0.438. The van der Waals surface area contributed by atoms with Crippen LogP contribution in [0.4, 0.5) is 0 Å². The molecule has 0 saturated heterocycles. The Kier molecular flexibility index (Phi) is 5.91. The molecule has 1 aromatic carbocycles. The maximum atomic E-state index is 13.8. The fraction of sp³-hybridized carbons (Fsp3) is 0.607. The molecule has 2 heterocycles. The minimum Gasteiger partial charge on any atom is -0.385 e. The third-order valence-corrected chi connectivity index (χ3v) is 8.86. The van der Waals surface area contributed by atoms with E-state index in [-0.39, 0.29) is 11.2 Å². The van der Waals surface area contributed by atoms with Crippen molar-refractivity contribution in [2.24, 2.45) is 23.7 Å². The van der Waals surface area contributed by atoms with Crippen molar-refractivity contribution in [2.75, 3.05) is 13.7 Å². The fourth-order valence-electron chi connectivity index (χ4n) is 7.62. The summed E-state index contributed by atoms with van der Waals surface area (Å²) in [5.41, 5.74) is 1.86. The lowest BCUT2D eigenvalue weighted by atomic mass is 9.75. The molecule has 35 heavy (non-hydrogen) atoms. The zero-order valence-corrected chi connectivity index (χ0v) is 20.9. The van der Waals surface area contributed by atoms with Crippen LogP contribution in [0.1, 0.15) is 62.8 Å². The highest BCUT2D eigenvalue weighted by atomic mass is 16.5. The smallest absolute Gasteiger partial charge is 0.332 e. The van der Waals surface area contributed by atoms with Crippen LogP contribution in [0.15, 0.2) is 39.9 Å². The molecule has 0 N–H and O–H groups in total. The van der Waals surface area contributed by atoms with E-state index >= 15 is 0 Å². The van der Waals surface area contributed by atoms with Crippen molar-refractivity contribution in [3.63, 3.8) is 0 Å². The molecule has 5 unspecified atom stereocenters. The fourth-order valence-corrected chi connectivity index (χ4v) is 7.62. The van der Waals surface area contributed by atoms with E-state index in [1.165, 1.54) is 30.3 Å². The number of benzene rings is 1. The van der Waals surface area contributed by atoms with Gasteiger partial charge in [-0.2, -0.15) is 0 Å². The topological polar surface area (TPSA) is 71.1 Å². The molecule has 4 fully saturated rings. The van der Waals surface area contributed by atoms with E-state index in [2.05, 4.69) is 16.7 Å². The van der Waals surface area contributed by atoms with Crippen molar-refractivity contribution in [3.05, 3.63) is 62.6 Å². The predicted molar refractivity (Wildman–Crippen MR) is 136 cm³/mol. The first-order valence-electron chi connectivity index (χ1n) is 13.4. The Bertz CT molecular complexity index is 1330. The minimum atomic E-state index is -0.245. The van der Waals surface area contributed by atoms with E-state index in [4.69, 9.17) is 9.72 Å². The van der Waals surface area contributed by atoms with Gasteiger partial charge in [-0.15, -0.1) is 0 Å². The highest BCUT2D eigenvalue weighted by Gasteiger charge is 2.55. The molecular formula is C28H36N4O3. The van der Waals surface area contributed by atoms with Gasteiger partial charge in [-0.3, -0.25) is 13.9 Å². The van der Waals surface area contributed by atoms with Gasteiger partial charge in [0.05, 0.1) is 0 Å². The Hall–Kier alpha value is -2.67. The molecule has 0 aliphatic heterocycles. The molecule has 186 valence electrons. The molecule has 0 radical (unpaired) electrons. The van der Waals surface area contributed by atoms with Crippen molar-refractivity contribution in [1.82, 2.24) is 18.7 Å². The number of rotatable bonds is 9. The Morgan fingerprint density at radius 2 is 1.77 bits per heavy atom. The highest BCUT2D eigenvalue weighted by molar-refractivity contribution is 5.71. The first-order chi connectivity index (χ1) is 17.1. The van der Waals surface area contributed by atoms with Gasteiger partial charge in [-0.1, -0.05) is 37.3 Å². The maximum absolute atomic E-state index is 13.8. The largest absolute Gasteiger partial charge is 0.385 e. The van der Waals surface area contributed by atoms with Crippen LogP contribution in [0, 0.1) is 23.7 Å². The summed E-state index contributed by atoms with van der Waals surface area (Å²) in [5, 5.41) is 0. The van der Waals surface area contributed by atoms with E-state index in [1.54, 1.807) is 11.7 Å². The summed E-state index contributed by atoms with van der Waals surface area (Å²) in [4.78, 5) is 32.5. The molecule has 0 spiro atoms. The van der Waals surface area contributed by atoms with Crippen LogP contribution in [0.5, 0.6) is 0 Å². The number of imidazole rings is 1. The molecule has 2 aromatic heterocycles. The van der Waals surface area contributed by atoms with Gasteiger partial charge in [0.1, 0.15) is 5.82 Å². The van der Waals surface area contributed by atoms with Crippen LogP contribution in [-0.2, 0) is 24.4 Å². The first-order valence-corrected chi connectivity index (χ1v) is 13.4. The number of hydrogen-bond donors (Lipinski definition) is 0. The monoisotopic (exact) mass is 476 g/mol. The summed E-state index contributed by atoms with van der Waals surface area (Å²) < 4.78 is 10.6. The summed E-state index contributed by atoms with van der Waals surface area (Å²) in [6, 6.07) is 10.3. The molecule has 7 rings (SSSR count). The number of fused-ring (bicyclic) bond motifs is 1. The van der Waals surface area contributed by atoms with Gasteiger partial charge in [0.15, 0.2) is 11.2 Å². The summed E-state index contributed by atoms with van der Waals surface area (Å²) in [7, 11) is 1.67. The lowest BCUT2D eigenvalue weighted by Crippen LogP contribution is -2.40. The zero-order chi connectivity index (χ0) is 24.1. The van der Waals surface area contributed by atoms with Gasteiger partial charge in [0, 0.05) is 39.3 Å². The van der Waals surface area contributed by atoms with Crippen molar-refractivity contribution < 1.29 is 4.74 Å². The summed E-state index contributed by atoms with van der Waals surface area (Å²) >= 11 is 0. The van der Waals surface area contributed by atoms with Crippen molar-refractivity contribution in [1.29, 1.82) is 0 Å². The second kappa shape index (κ2) is 9.08. The highest BCUT2D eigenvalue weighted by Crippen LogP contribution is 2.64.